The van der Waals surface area contributed by atoms with Gasteiger partial charge in [-0.1, -0.05) is 26.0 Å². The Labute approximate surface area is 73.6 Å². The molecule has 1 aromatic rings. The number of hydrogen-bond acceptors (Lipinski definition) is 1. The highest BCUT2D eigenvalue weighted by molar-refractivity contribution is 5.57. The van der Waals surface area contributed by atoms with E-state index in [2.05, 4.69) is 26.0 Å². The van der Waals surface area contributed by atoms with E-state index in [0.29, 0.717) is 0 Å². The summed E-state index contributed by atoms with van der Waals surface area (Å²) in [5, 5.41) is 0. The number of nitrogen functional groups attached to an aromatic ring is 1. The summed E-state index contributed by atoms with van der Waals surface area (Å²) in [7, 11) is 0. The van der Waals surface area contributed by atoms with Crippen LogP contribution in [0.4, 0.5) is 5.69 Å². The number of fused-ring (bicyclic) bond motifs is 1. The molecule has 1 aliphatic carbocycles. The zero-order valence-corrected chi connectivity index (χ0v) is 7.67. The third-order valence-electron chi connectivity index (χ3n) is 2.88. The lowest BCUT2D eigenvalue weighted by Crippen LogP contribution is -2.23. The van der Waals surface area contributed by atoms with Crippen LogP contribution in [-0.4, -0.2) is 0 Å². The van der Waals surface area contributed by atoms with Crippen molar-refractivity contribution in [3.8, 4) is 0 Å². The summed E-state index contributed by atoms with van der Waals surface area (Å²) in [5.41, 5.74) is 9.67. The van der Waals surface area contributed by atoms with E-state index in [1.807, 2.05) is 6.07 Å². The molecule has 0 unspecified atom stereocenters. The van der Waals surface area contributed by atoms with Crippen LogP contribution < -0.4 is 5.73 Å². The third kappa shape index (κ3) is 0.927. The van der Waals surface area contributed by atoms with Crippen LogP contribution in [0.3, 0.4) is 0 Å². The molecule has 0 fully saturated rings. The van der Waals surface area contributed by atoms with Crippen LogP contribution in [0, 0.1) is 5.92 Å². The number of nitrogens with two attached hydrogens (primary N) is 1. The minimum atomic E-state index is 0.749. The van der Waals surface area contributed by atoms with Gasteiger partial charge >= 0.3 is 0 Å². The van der Waals surface area contributed by atoms with Crippen molar-refractivity contribution in [3.63, 3.8) is 0 Å². The molecule has 0 saturated carbocycles. The normalized spacial score (nSPS) is 20.4. The molecule has 0 aliphatic heterocycles. The average Bonchev–Trinajstić information content (AvgIpc) is 1.92. The number of benzene rings is 1. The van der Waals surface area contributed by atoms with Crippen molar-refractivity contribution in [3.05, 3.63) is 29.3 Å². The first-order chi connectivity index (χ1) is 5.70. The highest BCUT2D eigenvalue weighted by Gasteiger charge is 2.29. The SMILES string of the molecule is CC(C)[C@H]1Cc2c(N)cccc21. The summed E-state index contributed by atoms with van der Waals surface area (Å²) in [6.07, 6.45) is 1.18. The van der Waals surface area contributed by atoms with E-state index >= 15 is 0 Å². The minimum Gasteiger partial charge on any atom is -0.398 e. The van der Waals surface area contributed by atoms with E-state index in [1.54, 1.807) is 0 Å². The predicted molar refractivity (Wildman–Crippen MR) is 52.1 cm³/mol. The van der Waals surface area contributed by atoms with Crippen molar-refractivity contribution in [2.75, 3.05) is 5.73 Å². The monoisotopic (exact) mass is 161 g/mol. The van der Waals surface area contributed by atoms with Gasteiger partial charge in [-0.2, -0.15) is 0 Å². The van der Waals surface area contributed by atoms with Gasteiger partial charge in [-0.15, -0.1) is 0 Å². The summed E-state index contributed by atoms with van der Waals surface area (Å²) in [4.78, 5) is 0. The lowest BCUT2D eigenvalue weighted by atomic mass is 9.71. The fraction of sp³-hybridized carbons (Fsp3) is 0.455. The van der Waals surface area contributed by atoms with E-state index in [0.717, 1.165) is 17.5 Å². The number of hydrogen-bond donors (Lipinski definition) is 1. The molecule has 1 aliphatic rings. The molecule has 1 atom stereocenters. The van der Waals surface area contributed by atoms with Crippen LogP contribution in [0.2, 0.25) is 0 Å². The smallest absolute Gasteiger partial charge is 0.0349 e. The molecule has 0 amide bonds. The average molecular weight is 161 g/mol. The summed E-state index contributed by atoms with van der Waals surface area (Å²) in [6.45, 7) is 4.55. The van der Waals surface area contributed by atoms with Gasteiger partial charge < -0.3 is 5.73 Å². The minimum absolute atomic E-state index is 0.749. The van der Waals surface area contributed by atoms with Crippen LogP contribution >= 0.6 is 0 Å². The molecule has 1 aromatic carbocycles. The second kappa shape index (κ2) is 2.51. The Morgan fingerprint density at radius 2 is 2.17 bits per heavy atom. The standard InChI is InChI=1S/C11H15N/c1-7(2)9-6-10-8(9)4-3-5-11(10)12/h3-5,7,9H,6,12H2,1-2H3/t9-/m1/s1. The zero-order chi connectivity index (χ0) is 8.72. The highest BCUT2D eigenvalue weighted by Crippen LogP contribution is 2.42. The van der Waals surface area contributed by atoms with Crippen molar-refractivity contribution in [1.82, 2.24) is 0 Å². The van der Waals surface area contributed by atoms with Crippen molar-refractivity contribution < 1.29 is 0 Å². The predicted octanol–water partition coefficient (Wildman–Crippen LogP) is 2.56. The molecule has 1 heteroatoms. The second-order valence-electron chi connectivity index (χ2n) is 3.97. The lowest BCUT2D eigenvalue weighted by molar-refractivity contribution is 0.452. The van der Waals surface area contributed by atoms with Gasteiger partial charge in [-0.25, -0.2) is 0 Å². The molecule has 2 N–H and O–H groups in total. The Morgan fingerprint density at radius 1 is 1.42 bits per heavy atom. The molecule has 0 saturated heterocycles. The zero-order valence-electron chi connectivity index (χ0n) is 7.67. The summed E-state index contributed by atoms with van der Waals surface area (Å²) in [6, 6.07) is 6.26. The van der Waals surface area contributed by atoms with E-state index in [4.69, 9.17) is 5.73 Å². The maximum atomic E-state index is 5.83. The lowest BCUT2D eigenvalue weighted by Gasteiger charge is -2.34. The number of anilines is 1. The second-order valence-corrected chi connectivity index (χ2v) is 3.97. The van der Waals surface area contributed by atoms with Crippen molar-refractivity contribution >= 4 is 5.69 Å². The van der Waals surface area contributed by atoms with E-state index in [9.17, 15) is 0 Å². The van der Waals surface area contributed by atoms with E-state index in [-0.39, 0.29) is 0 Å². The van der Waals surface area contributed by atoms with Crippen molar-refractivity contribution in [1.29, 1.82) is 0 Å². The van der Waals surface area contributed by atoms with Gasteiger partial charge in [0.15, 0.2) is 0 Å². The Hall–Kier alpha value is -0.980. The molecule has 0 heterocycles. The molecular formula is C11H15N. The quantitative estimate of drug-likeness (QED) is 0.629. The van der Waals surface area contributed by atoms with Crippen molar-refractivity contribution in [2.24, 2.45) is 5.92 Å². The summed E-state index contributed by atoms with van der Waals surface area (Å²) in [5.74, 6) is 1.50. The molecule has 0 aromatic heterocycles. The Balaban J connectivity index is 2.36. The van der Waals surface area contributed by atoms with Gasteiger partial charge in [0.1, 0.15) is 0 Å². The Bertz CT molecular complexity index is 302. The molecule has 1 nitrogen and oxygen atoms in total. The topological polar surface area (TPSA) is 26.0 Å². The Morgan fingerprint density at radius 3 is 2.83 bits per heavy atom. The molecule has 0 bridgehead atoms. The van der Waals surface area contributed by atoms with Gasteiger partial charge in [0.05, 0.1) is 0 Å². The van der Waals surface area contributed by atoms with Gasteiger partial charge in [0.25, 0.3) is 0 Å². The molecule has 64 valence electrons. The molecule has 2 rings (SSSR count). The molecular weight excluding hydrogens is 146 g/mol. The number of rotatable bonds is 1. The first kappa shape index (κ1) is 7.66. The van der Waals surface area contributed by atoms with Gasteiger partial charge in [0, 0.05) is 5.69 Å². The molecule has 0 spiro atoms. The summed E-state index contributed by atoms with van der Waals surface area (Å²) < 4.78 is 0. The highest BCUT2D eigenvalue weighted by atomic mass is 14.6. The molecule has 12 heavy (non-hydrogen) atoms. The van der Waals surface area contributed by atoms with Crippen molar-refractivity contribution in [2.45, 2.75) is 26.2 Å². The van der Waals surface area contributed by atoms with Gasteiger partial charge in [-0.05, 0) is 35.4 Å². The largest absolute Gasteiger partial charge is 0.398 e. The molecule has 0 radical (unpaired) electrons. The fourth-order valence-electron chi connectivity index (χ4n) is 2.00. The van der Waals surface area contributed by atoms with Gasteiger partial charge in [-0.3, -0.25) is 0 Å². The van der Waals surface area contributed by atoms with Crippen LogP contribution in [0.25, 0.3) is 0 Å². The first-order valence-electron chi connectivity index (χ1n) is 4.57. The van der Waals surface area contributed by atoms with Gasteiger partial charge in [0.2, 0.25) is 0 Å². The first-order valence-corrected chi connectivity index (χ1v) is 4.57. The maximum absolute atomic E-state index is 5.83. The van der Waals surface area contributed by atoms with E-state index in [1.165, 1.54) is 17.5 Å². The van der Waals surface area contributed by atoms with E-state index < -0.39 is 0 Å². The van der Waals surface area contributed by atoms with Crippen LogP contribution in [-0.2, 0) is 6.42 Å². The maximum Gasteiger partial charge on any atom is 0.0349 e. The van der Waals surface area contributed by atoms with Crippen LogP contribution in [0.5, 0.6) is 0 Å². The third-order valence-corrected chi connectivity index (χ3v) is 2.88. The fourth-order valence-corrected chi connectivity index (χ4v) is 2.00. The van der Waals surface area contributed by atoms with Crippen LogP contribution in [0.15, 0.2) is 18.2 Å². The summed E-state index contributed by atoms with van der Waals surface area (Å²) >= 11 is 0. The Kier molecular flexibility index (Phi) is 1.60. The van der Waals surface area contributed by atoms with Crippen LogP contribution in [0.1, 0.15) is 30.9 Å².